The number of rotatable bonds is 3. The topological polar surface area (TPSA) is 55.6 Å². The van der Waals surface area contributed by atoms with Crippen LogP contribution in [-0.2, 0) is 0 Å². The van der Waals surface area contributed by atoms with Crippen molar-refractivity contribution in [3.63, 3.8) is 0 Å². The van der Waals surface area contributed by atoms with E-state index in [1.165, 1.54) is 19.6 Å². The second-order valence-electron chi connectivity index (χ2n) is 4.28. The minimum absolute atomic E-state index is 0.0442. The summed E-state index contributed by atoms with van der Waals surface area (Å²) >= 11 is 5.94. The van der Waals surface area contributed by atoms with E-state index in [2.05, 4.69) is 0 Å². The number of nitro benzene ring substituents is 1. The lowest BCUT2D eigenvalue weighted by Gasteiger charge is -2.28. The normalized spacial score (nSPS) is 15.6. The molecule has 0 N–H and O–H groups in total. The quantitative estimate of drug-likeness (QED) is 0.625. The SMILES string of the molecule is COc1cc(N2CCCCC2)c([N+](=O)[O-])cc1Cl. The average Bonchev–Trinajstić information content (AvgIpc) is 2.39. The number of nitrogens with zero attached hydrogens (tertiary/aromatic N) is 2. The minimum Gasteiger partial charge on any atom is -0.495 e. The van der Waals surface area contributed by atoms with Crippen molar-refractivity contribution >= 4 is 23.0 Å². The van der Waals surface area contributed by atoms with E-state index in [0.717, 1.165) is 25.9 Å². The van der Waals surface area contributed by atoms with Crippen LogP contribution in [-0.4, -0.2) is 25.1 Å². The van der Waals surface area contributed by atoms with Gasteiger partial charge in [-0.05, 0) is 19.3 Å². The summed E-state index contributed by atoms with van der Waals surface area (Å²) in [6.07, 6.45) is 3.29. The molecule has 1 aromatic carbocycles. The van der Waals surface area contributed by atoms with Gasteiger partial charge in [0.15, 0.2) is 0 Å². The first-order valence-electron chi connectivity index (χ1n) is 5.90. The zero-order chi connectivity index (χ0) is 13.1. The number of piperidine rings is 1. The first kappa shape index (κ1) is 13.0. The van der Waals surface area contributed by atoms with Crippen LogP contribution in [0.4, 0.5) is 11.4 Å². The monoisotopic (exact) mass is 270 g/mol. The Morgan fingerprint density at radius 1 is 1.33 bits per heavy atom. The number of methoxy groups -OCH3 is 1. The highest BCUT2D eigenvalue weighted by molar-refractivity contribution is 6.32. The number of halogens is 1. The zero-order valence-corrected chi connectivity index (χ0v) is 10.9. The number of hydrogen-bond donors (Lipinski definition) is 0. The molecule has 0 atom stereocenters. The molecular formula is C12H15ClN2O3. The third kappa shape index (κ3) is 2.51. The fourth-order valence-corrected chi connectivity index (χ4v) is 2.46. The van der Waals surface area contributed by atoms with Gasteiger partial charge in [0, 0.05) is 25.2 Å². The first-order chi connectivity index (χ1) is 8.63. The molecule has 2 rings (SSSR count). The van der Waals surface area contributed by atoms with E-state index in [9.17, 15) is 10.1 Å². The molecule has 1 aliphatic rings. The van der Waals surface area contributed by atoms with Crippen molar-refractivity contribution in [1.29, 1.82) is 0 Å². The molecule has 1 heterocycles. The molecule has 0 spiro atoms. The molecule has 0 aliphatic carbocycles. The maximum atomic E-state index is 11.1. The maximum Gasteiger partial charge on any atom is 0.294 e. The van der Waals surface area contributed by atoms with Gasteiger partial charge >= 0.3 is 0 Å². The molecule has 1 fully saturated rings. The van der Waals surface area contributed by atoms with Gasteiger partial charge in [0.25, 0.3) is 5.69 Å². The van der Waals surface area contributed by atoms with Crippen molar-refractivity contribution in [3.05, 3.63) is 27.3 Å². The Bertz CT molecular complexity index is 459. The molecule has 5 nitrogen and oxygen atoms in total. The Balaban J connectivity index is 2.44. The summed E-state index contributed by atoms with van der Waals surface area (Å²) in [6, 6.07) is 3.02. The summed E-state index contributed by atoms with van der Waals surface area (Å²) < 4.78 is 5.13. The summed E-state index contributed by atoms with van der Waals surface area (Å²) in [5, 5.41) is 11.4. The standard InChI is InChI=1S/C12H15ClN2O3/c1-18-12-8-10(14-5-3-2-4-6-14)11(15(16)17)7-9(12)13/h7-8H,2-6H2,1H3. The van der Waals surface area contributed by atoms with Gasteiger partial charge in [0.1, 0.15) is 11.4 Å². The summed E-state index contributed by atoms with van der Waals surface area (Å²) in [5.74, 6) is 0.475. The van der Waals surface area contributed by atoms with Gasteiger partial charge in [-0.2, -0.15) is 0 Å². The van der Waals surface area contributed by atoms with Gasteiger partial charge in [-0.3, -0.25) is 10.1 Å². The molecule has 6 heteroatoms. The molecule has 98 valence electrons. The van der Waals surface area contributed by atoms with Gasteiger partial charge < -0.3 is 9.64 Å². The molecule has 0 aromatic heterocycles. The van der Waals surface area contributed by atoms with Crippen LogP contribution in [0.15, 0.2) is 12.1 Å². The molecule has 1 aromatic rings. The van der Waals surface area contributed by atoms with Crippen LogP contribution in [0.3, 0.4) is 0 Å². The number of hydrogen-bond acceptors (Lipinski definition) is 4. The van der Waals surface area contributed by atoms with Gasteiger partial charge in [0.05, 0.1) is 17.1 Å². The summed E-state index contributed by atoms with van der Waals surface area (Å²) in [5.41, 5.74) is 0.642. The van der Waals surface area contributed by atoms with Crippen molar-refractivity contribution in [2.75, 3.05) is 25.1 Å². The highest BCUT2D eigenvalue weighted by atomic mass is 35.5. The molecule has 0 unspecified atom stereocenters. The Hall–Kier alpha value is -1.49. The molecule has 1 aliphatic heterocycles. The first-order valence-corrected chi connectivity index (χ1v) is 6.28. The third-order valence-corrected chi connectivity index (χ3v) is 3.44. The van der Waals surface area contributed by atoms with Crippen molar-refractivity contribution < 1.29 is 9.66 Å². The van der Waals surface area contributed by atoms with Gasteiger partial charge in [-0.15, -0.1) is 0 Å². The predicted octanol–water partition coefficient (Wildman–Crippen LogP) is 3.25. The van der Waals surface area contributed by atoms with E-state index in [1.807, 2.05) is 4.90 Å². The van der Waals surface area contributed by atoms with Crippen molar-refractivity contribution in [3.8, 4) is 5.75 Å². The molecule has 0 saturated carbocycles. The van der Waals surface area contributed by atoms with Crippen LogP contribution in [0.2, 0.25) is 5.02 Å². The predicted molar refractivity (Wildman–Crippen MR) is 70.7 cm³/mol. The lowest BCUT2D eigenvalue weighted by molar-refractivity contribution is -0.384. The number of benzene rings is 1. The molecule has 0 bridgehead atoms. The van der Waals surface area contributed by atoms with E-state index in [1.54, 1.807) is 6.07 Å². The van der Waals surface area contributed by atoms with Crippen molar-refractivity contribution in [1.82, 2.24) is 0 Å². The van der Waals surface area contributed by atoms with Gasteiger partial charge in [0.2, 0.25) is 0 Å². The van der Waals surface area contributed by atoms with Crippen LogP contribution in [0.1, 0.15) is 19.3 Å². The minimum atomic E-state index is -0.394. The second-order valence-corrected chi connectivity index (χ2v) is 4.69. The highest BCUT2D eigenvalue weighted by Crippen LogP contribution is 2.38. The average molecular weight is 271 g/mol. The molecule has 18 heavy (non-hydrogen) atoms. The Morgan fingerprint density at radius 2 is 2.00 bits per heavy atom. The van der Waals surface area contributed by atoms with Crippen LogP contribution in [0.5, 0.6) is 5.75 Å². The zero-order valence-electron chi connectivity index (χ0n) is 10.2. The fourth-order valence-electron chi connectivity index (χ4n) is 2.22. The Kier molecular flexibility index (Phi) is 3.91. The van der Waals surface area contributed by atoms with Gasteiger partial charge in [-0.1, -0.05) is 11.6 Å². The molecule has 1 saturated heterocycles. The molecule has 0 radical (unpaired) electrons. The number of ether oxygens (including phenoxy) is 1. The van der Waals surface area contributed by atoms with E-state index < -0.39 is 4.92 Å². The van der Waals surface area contributed by atoms with E-state index in [4.69, 9.17) is 16.3 Å². The van der Waals surface area contributed by atoms with Crippen molar-refractivity contribution in [2.24, 2.45) is 0 Å². The van der Waals surface area contributed by atoms with Crippen LogP contribution in [0, 0.1) is 10.1 Å². The number of anilines is 1. The fraction of sp³-hybridized carbons (Fsp3) is 0.500. The highest BCUT2D eigenvalue weighted by Gasteiger charge is 2.23. The lowest BCUT2D eigenvalue weighted by atomic mass is 10.1. The second kappa shape index (κ2) is 5.44. The van der Waals surface area contributed by atoms with Gasteiger partial charge in [-0.25, -0.2) is 0 Å². The van der Waals surface area contributed by atoms with Crippen molar-refractivity contribution in [2.45, 2.75) is 19.3 Å². The third-order valence-electron chi connectivity index (χ3n) is 3.14. The summed E-state index contributed by atoms with van der Waals surface area (Å²) in [7, 11) is 1.51. The molecular weight excluding hydrogens is 256 g/mol. The Labute approximate surface area is 110 Å². The smallest absolute Gasteiger partial charge is 0.294 e. The lowest BCUT2D eigenvalue weighted by Crippen LogP contribution is -2.30. The van der Waals surface area contributed by atoms with E-state index >= 15 is 0 Å². The van der Waals surface area contributed by atoms with Crippen LogP contribution < -0.4 is 9.64 Å². The van der Waals surface area contributed by atoms with E-state index in [0.29, 0.717) is 11.4 Å². The maximum absolute atomic E-state index is 11.1. The summed E-state index contributed by atoms with van der Waals surface area (Å²) in [6.45, 7) is 1.68. The van der Waals surface area contributed by atoms with Crippen LogP contribution >= 0.6 is 11.6 Å². The largest absolute Gasteiger partial charge is 0.495 e. The number of nitro groups is 1. The van der Waals surface area contributed by atoms with E-state index in [-0.39, 0.29) is 10.7 Å². The Morgan fingerprint density at radius 3 is 2.56 bits per heavy atom. The summed E-state index contributed by atoms with van der Waals surface area (Å²) in [4.78, 5) is 12.7. The van der Waals surface area contributed by atoms with Crippen LogP contribution in [0.25, 0.3) is 0 Å². The molecule has 0 amide bonds.